The van der Waals surface area contributed by atoms with Crippen LogP contribution in [0.3, 0.4) is 0 Å². The van der Waals surface area contributed by atoms with Crippen molar-refractivity contribution in [3.8, 4) is 5.88 Å². The van der Waals surface area contributed by atoms with Gasteiger partial charge in [0.1, 0.15) is 29.8 Å². The monoisotopic (exact) mass is 482 g/mol. The van der Waals surface area contributed by atoms with Gasteiger partial charge in [0.15, 0.2) is 5.78 Å². The predicted molar refractivity (Wildman–Crippen MR) is 111 cm³/mol. The Morgan fingerprint density at radius 3 is 2.74 bits per heavy atom. The molecule has 0 unspecified atom stereocenters. The molecule has 1 aromatic heterocycles. The first-order valence-electron chi connectivity index (χ1n) is 10.5. The lowest BCUT2D eigenvalue weighted by Gasteiger charge is -2.41. The van der Waals surface area contributed by atoms with Gasteiger partial charge in [-0.25, -0.2) is 28.1 Å². The van der Waals surface area contributed by atoms with Gasteiger partial charge in [-0.2, -0.15) is 0 Å². The third-order valence-corrected chi connectivity index (χ3v) is 5.98. The summed E-state index contributed by atoms with van der Waals surface area (Å²) >= 11 is 0. The van der Waals surface area contributed by atoms with Gasteiger partial charge in [-0.3, -0.25) is 9.18 Å². The minimum atomic E-state index is -1.81. The van der Waals surface area contributed by atoms with Crippen LogP contribution in [0.15, 0.2) is 35.6 Å². The van der Waals surface area contributed by atoms with Crippen molar-refractivity contribution in [2.24, 2.45) is 16.6 Å². The maximum Gasteiger partial charge on any atom is 0.283 e. The number of fused-ring (bicyclic) bond motifs is 1. The van der Waals surface area contributed by atoms with Crippen molar-refractivity contribution < 1.29 is 36.6 Å². The highest BCUT2D eigenvalue weighted by molar-refractivity contribution is 5.95. The van der Waals surface area contributed by atoms with Crippen molar-refractivity contribution in [2.45, 2.75) is 30.6 Å². The molecule has 12 heteroatoms. The van der Waals surface area contributed by atoms with Crippen molar-refractivity contribution in [1.29, 1.82) is 0 Å². The normalized spacial score (nSPS) is 25.9. The Morgan fingerprint density at radius 2 is 2.06 bits per heavy atom. The molecule has 1 saturated heterocycles. The van der Waals surface area contributed by atoms with E-state index in [9.17, 15) is 18.0 Å². The third kappa shape index (κ3) is 4.41. The summed E-state index contributed by atoms with van der Waals surface area (Å²) in [4.78, 5) is 24.5. The number of ether oxygens (including phenoxy) is 3. The molecule has 182 valence electrons. The summed E-state index contributed by atoms with van der Waals surface area (Å²) in [5.41, 5.74) is 4.19. The van der Waals surface area contributed by atoms with Crippen molar-refractivity contribution in [2.75, 3.05) is 26.8 Å². The standard InChI is InChI=1S/C22H22F4N4O4/c23-4-3-17-20-18(9-32-17)34-21(27)30-22(20,10-24)13-5-12(1-2-14(13)26)6-16(31)15-7-29-19(8-28-15)33-11-25/h1-2,5,7-8,17-18,20H,3-4,6,9-11H2,(H2,27,30)/t17-,18+,20-,22+/m0/s1. The number of alkyl halides is 3. The van der Waals surface area contributed by atoms with E-state index in [-0.39, 0.29) is 42.6 Å². The molecule has 34 heavy (non-hydrogen) atoms. The zero-order valence-electron chi connectivity index (χ0n) is 17.9. The lowest BCUT2D eigenvalue weighted by Crippen LogP contribution is -2.52. The average molecular weight is 482 g/mol. The quantitative estimate of drug-likeness (QED) is 0.432. The van der Waals surface area contributed by atoms with E-state index in [0.717, 1.165) is 18.5 Å². The lowest BCUT2D eigenvalue weighted by molar-refractivity contribution is 0.0287. The zero-order chi connectivity index (χ0) is 24.3. The van der Waals surface area contributed by atoms with E-state index < -0.39 is 55.5 Å². The van der Waals surface area contributed by atoms with E-state index in [4.69, 9.17) is 15.2 Å². The van der Waals surface area contributed by atoms with Gasteiger partial charge in [0.05, 0.1) is 37.7 Å². The summed E-state index contributed by atoms with van der Waals surface area (Å²) in [6.07, 6.45) is 0.504. The number of aliphatic imine (C=N–C) groups is 1. The number of amidine groups is 1. The molecule has 0 spiro atoms. The Bertz CT molecular complexity index is 1070. The largest absolute Gasteiger partial charge is 0.459 e. The van der Waals surface area contributed by atoms with Crippen molar-refractivity contribution in [3.05, 3.63) is 53.2 Å². The third-order valence-electron chi connectivity index (χ3n) is 5.98. The van der Waals surface area contributed by atoms with Crippen LogP contribution in [0.1, 0.15) is 28.0 Å². The number of ketones is 1. The van der Waals surface area contributed by atoms with Gasteiger partial charge >= 0.3 is 0 Å². The summed E-state index contributed by atoms with van der Waals surface area (Å²) in [6, 6.07) is 3.50. The molecule has 0 radical (unpaired) electrons. The second kappa shape index (κ2) is 9.92. The minimum Gasteiger partial charge on any atom is -0.459 e. The number of Topliss-reactive ketones (excluding diaryl/α,β-unsaturated/α-hetero) is 1. The molecule has 4 rings (SSSR count). The van der Waals surface area contributed by atoms with Gasteiger partial charge in [-0.15, -0.1) is 0 Å². The Labute approximate surface area is 192 Å². The fraction of sp³-hybridized carbons (Fsp3) is 0.455. The molecule has 3 heterocycles. The highest BCUT2D eigenvalue weighted by Gasteiger charge is 2.57. The second-order valence-electron chi connectivity index (χ2n) is 7.95. The molecule has 2 N–H and O–H groups in total. The highest BCUT2D eigenvalue weighted by Crippen LogP contribution is 2.47. The maximum atomic E-state index is 15.1. The molecular weight excluding hydrogens is 460 g/mol. The van der Waals surface area contributed by atoms with Crippen LogP contribution in [0.4, 0.5) is 17.6 Å². The Morgan fingerprint density at radius 1 is 1.24 bits per heavy atom. The first kappa shape index (κ1) is 23.9. The molecule has 0 aliphatic carbocycles. The van der Waals surface area contributed by atoms with Crippen LogP contribution < -0.4 is 10.5 Å². The minimum absolute atomic E-state index is 0.0158. The number of nitrogens with zero attached hydrogens (tertiary/aromatic N) is 3. The van der Waals surface area contributed by atoms with E-state index in [1.54, 1.807) is 0 Å². The topological polar surface area (TPSA) is 109 Å². The van der Waals surface area contributed by atoms with Crippen molar-refractivity contribution in [1.82, 2.24) is 9.97 Å². The first-order valence-corrected chi connectivity index (χ1v) is 10.5. The van der Waals surface area contributed by atoms with Crippen LogP contribution in [0.2, 0.25) is 0 Å². The zero-order valence-corrected chi connectivity index (χ0v) is 17.9. The number of benzene rings is 1. The van der Waals surface area contributed by atoms with Crippen LogP contribution in [0.5, 0.6) is 5.88 Å². The van der Waals surface area contributed by atoms with E-state index in [2.05, 4.69) is 19.7 Å². The summed E-state index contributed by atoms with van der Waals surface area (Å²) in [7, 11) is 0. The van der Waals surface area contributed by atoms with Crippen molar-refractivity contribution in [3.63, 3.8) is 0 Å². The predicted octanol–water partition coefficient (Wildman–Crippen LogP) is 2.60. The summed E-state index contributed by atoms with van der Waals surface area (Å²) in [5, 5.41) is 0. The van der Waals surface area contributed by atoms with E-state index in [1.807, 2.05) is 0 Å². The summed E-state index contributed by atoms with van der Waals surface area (Å²) in [6.45, 7) is -2.91. The smallest absolute Gasteiger partial charge is 0.283 e. The van der Waals surface area contributed by atoms with Gasteiger partial charge in [0.25, 0.3) is 6.02 Å². The first-order chi connectivity index (χ1) is 16.4. The molecular formula is C22H22F4N4O4. The number of carbonyl (C=O) groups is 1. The van der Waals surface area contributed by atoms with E-state index in [1.165, 1.54) is 12.1 Å². The molecule has 2 aromatic rings. The number of hydrogen-bond donors (Lipinski definition) is 1. The molecule has 1 fully saturated rings. The lowest BCUT2D eigenvalue weighted by atomic mass is 9.72. The molecule has 8 nitrogen and oxygen atoms in total. The molecule has 2 aliphatic heterocycles. The number of nitrogens with two attached hydrogens (primary N) is 1. The number of halogens is 4. The number of carbonyl (C=O) groups excluding carboxylic acids is 1. The average Bonchev–Trinajstić information content (AvgIpc) is 3.23. The molecule has 4 atom stereocenters. The number of hydrogen-bond acceptors (Lipinski definition) is 8. The summed E-state index contributed by atoms with van der Waals surface area (Å²) in [5.74, 6) is -2.13. The fourth-order valence-electron chi connectivity index (χ4n) is 4.52. The van der Waals surface area contributed by atoms with Gasteiger partial charge in [0.2, 0.25) is 12.7 Å². The Kier molecular flexibility index (Phi) is 6.96. The summed E-state index contributed by atoms with van der Waals surface area (Å²) < 4.78 is 70.8. The van der Waals surface area contributed by atoms with Gasteiger partial charge < -0.3 is 19.9 Å². The van der Waals surface area contributed by atoms with Crippen molar-refractivity contribution >= 4 is 11.8 Å². The van der Waals surface area contributed by atoms with Crippen LogP contribution in [-0.4, -0.2) is 60.8 Å². The maximum absolute atomic E-state index is 15.1. The van der Waals surface area contributed by atoms with Gasteiger partial charge in [0, 0.05) is 18.4 Å². The molecule has 1 aromatic carbocycles. The SMILES string of the molecule is NC1=N[C@](CF)(c2cc(CC(=O)c3cnc(OCF)cn3)ccc2F)[C@H]2[C@H](CCF)OC[C@H]2O1. The van der Waals surface area contributed by atoms with Gasteiger partial charge in [-0.05, 0) is 17.7 Å². The molecule has 0 amide bonds. The van der Waals surface area contributed by atoms with E-state index >= 15 is 4.39 Å². The van der Waals surface area contributed by atoms with Crippen LogP contribution in [0.25, 0.3) is 0 Å². The Balaban J connectivity index is 1.67. The molecule has 2 aliphatic rings. The second-order valence-corrected chi connectivity index (χ2v) is 7.95. The molecule has 0 saturated carbocycles. The Hall–Kier alpha value is -3.28. The number of aromatic nitrogens is 2. The molecule has 0 bridgehead atoms. The van der Waals surface area contributed by atoms with Crippen LogP contribution in [-0.2, 0) is 21.4 Å². The fourth-order valence-corrected chi connectivity index (χ4v) is 4.52. The van der Waals surface area contributed by atoms with Gasteiger partial charge in [-0.1, -0.05) is 6.07 Å². The highest BCUT2D eigenvalue weighted by atomic mass is 19.1. The number of rotatable bonds is 9. The van der Waals surface area contributed by atoms with Crippen LogP contribution in [0, 0.1) is 11.7 Å². The van der Waals surface area contributed by atoms with E-state index in [0.29, 0.717) is 5.56 Å². The van der Waals surface area contributed by atoms with Crippen LogP contribution >= 0.6 is 0 Å².